The van der Waals surface area contributed by atoms with Crippen LogP contribution in [0.1, 0.15) is 43.0 Å². The summed E-state index contributed by atoms with van der Waals surface area (Å²) in [5.74, 6) is 0.541. The van der Waals surface area contributed by atoms with Crippen molar-refractivity contribution in [3.05, 3.63) is 5.56 Å². The van der Waals surface area contributed by atoms with E-state index in [1.165, 1.54) is 7.11 Å². The number of hydrogen-bond donors (Lipinski definition) is 2. The molecule has 1 unspecified atom stereocenters. The van der Waals surface area contributed by atoms with Crippen LogP contribution in [0.2, 0.25) is 0 Å². The third-order valence-corrected chi connectivity index (χ3v) is 3.84. The summed E-state index contributed by atoms with van der Waals surface area (Å²) < 4.78 is 6.56. The minimum atomic E-state index is -0.440. The van der Waals surface area contributed by atoms with Gasteiger partial charge < -0.3 is 21.1 Å². The van der Waals surface area contributed by atoms with Gasteiger partial charge in [-0.15, -0.1) is 0 Å². The van der Waals surface area contributed by atoms with Gasteiger partial charge in [0.05, 0.1) is 7.11 Å². The van der Waals surface area contributed by atoms with Crippen molar-refractivity contribution in [1.82, 2.24) is 9.78 Å². The van der Waals surface area contributed by atoms with E-state index in [9.17, 15) is 4.79 Å². The van der Waals surface area contributed by atoms with E-state index >= 15 is 0 Å². The lowest BCUT2D eigenvalue weighted by atomic mass is 10.1. The third-order valence-electron chi connectivity index (χ3n) is 3.84. The van der Waals surface area contributed by atoms with Gasteiger partial charge in [0.1, 0.15) is 11.4 Å². The Morgan fingerprint density at radius 2 is 2.29 bits per heavy atom. The van der Waals surface area contributed by atoms with Gasteiger partial charge in [0.15, 0.2) is 5.82 Å². The molecule has 0 saturated carbocycles. The molecular weight excluding hydrogens is 270 g/mol. The van der Waals surface area contributed by atoms with E-state index in [-0.39, 0.29) is 6.04 Å². The molecule has 0 bridgehead atoms. The molecule has 0 spiro atoms. The lowest BCUT2D eigenvalue weighted by molar-refractivity contribution is 0.0602. The normalized spacial score (nSPS) is 18.8. The molecule has 1 aliphatic heterocycles. The largest absolute Gasteiger partial charge is 0.465 e. The van der Waals surface area contributed by atoms with Crippen molar-refractivity contribution in [3.8, 4) is 0 Å². The molecule has 7 nitrogen and oxygen atoms in total. The molecule has 2 rings (SSSR count). The first-order valence-corrected chi connectivity index (χ1v) is 7.53. The van der Waals surface area contributed by atoms with Gasteiger partial charge in [-0.05, 0) is 19.3 Å². The van der Waals surface area contributed by atoms with Crippen molar-refractivity contribution in [2.75, 3.05) is 30.8 Å². The van der Waals surface area contributed by atoms with E-state index in [2.05, 4.69) is 12.0 Å². The highest BCUT2D eigenvalue weighted by atomic mass is 16.5. The van der Waals surface area contributed by atoms with Gasteiger partial charge in [-0.1, -0.05) is 13.3 Å². The molecule has 0 aliphatic carbocycles. The molecule has 21 heavy (non-hydrogen) atoms. The SMILES string of the molecule is CCCCn1nc(N2CCCC(N)C2)c(C(=O)OC)c1N. The van der Waals surface area contributed by atoms with Crippen LogP contribution in [0.4, 0.5) is 11.6 Å². The fraction of sp³-hybridized carbons (Fsp3) is 0.714. The lowest BCUT2D eigenvalue weighted by Gasteiger charge is -2.31. The van der Waals surface area contributed by atoms with Crippen molar-refractivity contribution in [3.63, 3.8) is 0 Å². The zero-order chi connectivity index (χ0) is 15.4. The van der Waals surface area contributed by atoms with Crippen molar-refractivity contribution < 1.29 is 9.53 Å². The number of carbonyl (C=O) groups excluding carboxylic acids is 1. The van der Waals surface area contributed by atoms with E-state index in [1.807, 2.05) is 4.90 Å². The predicted octanol–water partition coefficient (Wildman–Crippen LogP) is 0.980. The lowest BCUT2D eigenvalue weighted by Crippen LogP contribution is -2.43. The maximum atomic E-state index is 12.1. The van der Waals surface area contributed by atoms with Crippen molar-refractivity contribution in [2.45, 2.75) is 45.2 Å². The smallest absolute Gasteiger partial charge is 0.345 e. The minimum absolute atomic E-state index is 0.103. The summed E-state index contributed by atoms with van der Waals surface area (Å²) in [6.07, 6.45) is 3.99. The van der Waals surface area contributed by atoms with Gasteiger partial charge >= 0.3 is 5.97 Å². The summed E-state index contributed by atoms with van der Waals surface area (Å²) in [6.45, 7) is 4.33. The molecule has 1 saturated heterocycles. The average Bonchev–Trinajstić information content (AvgIpc) is 2.81. The number of nitrogens with zero attached hydrogens (tertiary/aromatic N) is 3. The van der Waals surface area contributed by atoms with E-state index in [0.717, 1.165) is 32.2 Å². The Kier molecular flexibility index (Phi) is 5.06. The van der Waals surface area contributed by atoms with Crippen LogP contribution in [0, 0.1) is 0 Å². The molecule has 7 heteroatoms. The molecule has 1 fully saturated rings. The summed E-state index contributed by atoms with van der Waals surface area (Å²) >= 11 is 0. The summed E-state index contributed by atoms with van der Waals surface area (Å²) in [5, 5.41) is 4.54. The van der Waals surface area contributed by atoms with Crippen LogP contribution in [0.25, 0.3) is 0 Å². The number of unbranched alkanes of at least 4 members (excludes halogenated alkanes) is 1. The second kappa shape index (κ2) is 6.80. The second-order valence-corrected chi connectivity index (χ2v) is 5.50. The molecule has 118 valence electrons. The van der Waals surface area contributed by atoms with Crippen LogP contribution in [-0.2, 0) is 11.3 Å². The fourth-order valence-electron chi connectivity index (χ4n) is 2.66. The molecule has 0 amide bonds. The molecular formula is C14H25N5O2. The first kappa shape index (κ1) is 15.6. The van der Waals surface area contributed by atoms with Gasteiger partial charge in [-0.2, -0.15) is 5.10 Å². The predicted molar refractivity (Wildman–Crippen MR) is 82.3 cm³/mol. The number of aromatic nitrogens is 2. The quantitative estimate of drug-likeness (QED) is 0.786. The number of aryl methyl sites for hydroxylation is 1. The maximum absolute atomic E-state index is 12.1. The van der Waals surface area contributed by atoms with Crippen LogP contribution >= 0.6 is 0 Å². The molecule has 2 heterocycles. The maximum Gasteiger partial charge on any atom is 0.345 e. The highest BCUT2D eigenvalue weighted by Gasteiger charge is 2.28. The second-order valence-electron chi connectivity index (χ2n) is 5.50. The Bertz CT molecular complexity index is 500. The minimum Gasteiger partial charge on any atom is -0.465 e. The fourth-order valence-corrected chi connectivity index (χ4v) is 2.66. The summed E-state index contributed by atoms with van der Waals surface area (Å²) in [6, 6.07) is 0.103. The van der Waals surface area contributed by atoms with Crippen LogP contribution in [0.15, 0.2) is 0 Å². The topological polar surface area (TPSA) is 99.4 Å². The molecule has 4 N–H and O–H groups in total. The number of nitrogen functional groups attached to an aromatic ring is 1. The summed E-state index contributed by atoms with van der Waals surface area (Å²) in [4.78, 5) is 14.1. The highest BCUT2D eigenvalue weighted by molar-refractivity contribution is 5.99. The third kappa shape index (κ3) is 3.29. The molecule has 1 aromatic rings. The molecule has 0 aromatic carbocycles. The van der Waals surface area contributed by atoms with Crippen LogP contribution < -0.4 is 16.4 Å². The van der Waals surface area contributed by atoms with Gasteiger partial charge in [0, 0.05) is 25.7 Å². The highest BCUT2D eigenvalue weighted by Crippen LogP contribution is 2.28. The standard InChI is InChI=1S/C14H25N5O2/c1-3-4-8-19-12(16)11(14(20)21-2)13(17-19)18-7-5-6-10(15)9-18/h10H,3-9,15-16H2,1-2H3. The number of hydrogen-bond acceptors (Lipinski definition) is 6. The van der Waals surface area contributed by atoms with Gasteiger partial charge in [0.2, 0.25) is 0 Å². The van der Waals surface area contributed by atoms with Crippen LogP contribution in [0.5, 0.6) is 0 Å². The zero-order valence-electron chi connectivity index (χ0n) is 12.8. The van der Waals surface area contributed by atoms with Gasteiger partial charge in [0.25, 0.3) is 0 Å². The summed E-state index contributed by atoms with van der Waals surface area (Å²) in [5.41, 5.74) is 12.5. The van der Waals surface area contributed by atoms with Crippen LogP contribution in [-0.4, -0.2) is 42.0 Å². The molecule has 1 atom stereocenters. The first-order chi connectivity index (χ1) is 10.1. The number of esters is 1. The number of methoxy groups -OCH3 is 1. The van der Waals surface area contributed by atoms with Gasteiger partial charge in [-0.3, -0.25) is 0 Å². The van der Waals surface area contributed by atoms with Crippen LogP contribution in [0.3, 0.4) is 0 Å². The Balaban J connectivity index is 2.35. The van der Waals surface area contributed by atoms with Crippen molar-refractivity contribution in [2.24, 2.45) is 5.73 Å². The number of rotatable bonds is 5. The molecule has 1 aliphatic rings. The molecule has 0 radical (unpaired) electrons. The Labute approximate surface area is 125 Å². The Morgan fingerprint density at radius 1 is 1.52 bits per heavy atom. The number of piperidine rings is 1. The first-order valence-electron chi connectivity index (χ1n) is 7.53. The van der Waals surface area contributed by atoms with E-state index < -0.39 is 5.97 Å². The Hall–Kier alpha value is -1.76. The van der Waals surface area contributed by atoms with E-state index in [1.54, 1.807) is 4.68 Å². The average molecular weight is 295 g/mol. The zero-order valence-corrected chi connectivity index (χ0v) is 12.8. The number of anilines is 2. The Morgan fingerprint density at radius 3 is 2.90 bits per heavy atom. The monoisotopic (exact) mass is 295 g/mol. The van der Waals surface area contributed by atoms with E-state index in [4.69, 9.17) is 16.2 Å². The molecule has 1 aromatic heterocycles. The number of carbonyl (C=O) groups is 1. The number of ether oxygens (including phenoxy) is 1. The summed E-state index contributed by atoms with van der Waals surface area (Å²) in [7, 11) is 1.36. The van der Waals surface area contributed by atoms with Crippen molar-refractivity contribution >= 4 is 17.6 Å². The van der Waals surface area contributed by atoms with E-state index in [0.29, 0.717) is 30.3 Å². The van der Waals surface area contributed by atoms with Crippen molar-refractivity contribution in [1.29, 1.82) is 0 Å². The number of nitrogens with two attached hydrogens (primary N) is 2. The van der Waals surface area contributed by atoms with Gasteiger partial charge in [-0.25, -0.2) is 9.48 Å².